The molecule has 13 N–H and O–H groups in total. The van der Waals surface area contributed by atoms with E-state index in [2.05, 4.69) is 19.2 Å². The molecule has 22 atom stereocenters. The second kappa shape index (κ2) is 41.9. The molecule has 14 unspecified atom stereocenters. The predicted octanol–water partition coefficient (Wildman–Crippen LogP) is 3.97. The predicted molar refractivity (Wildman–Crippen MR) is 295 cm³/mol. The third-order valence-corrected chi connectivity index (χ3v) is 16.2. The minimum absolute atomic E-state index is 0. The molecular formula is C58H107AcN2O20-. The summed E-state index contributed by atoms with van der Waals surface area (Å²) in [6.45, 7) is 5.13. The Bertz CT molecular complexity index is 1650. The van der Waals surface area contributed by atoms with Crippen molar-refractivity contribution in [1.82, 2.24) is 5.32 Å². The van der Waals surface area contributed by atoms with Gasteiger partial charge < -0.3 is 105 Å². The van der Waals surface area contributed by atoms with Crippen LogP contribution in [0.4, 0.5) is 0 Å². The van der Waals surface area contributed by atoms with E-state index in [1.165, 1.54) is 117 Å². The third-order valence-electron chi connectivity index (χ3n) is 16.2. The molecule has 0 saturated carbocycles. The van der Waals surface area contributed by atoms with Gasteiger partial charge in [0.15, 0.2) is 18.9 Å². The third kappa shape index (κ3) is 25.1. The van der Waals surface area contributed by atoms with E-state index in [1.54, 1.807) is 6.08 Å². The molecule has 4 aliphatic rings. The molecule has 4 saturated heterocycles. The summed E-state index contributed by atoms with van der Waals surface area (Å²) in [4.78, 5) is 13.5. The molecule has 4 fully saturated rings. The van der Waals surface area contributed by atoms with Crippen molar-refractivity contribution in [3.63, 3.8) is 0 Å². The molecule has 4 aliphatic heterocycles. The first-order chi connectivity index (χ1) is 38.5. The summed E-state index contributed by atoms with van der Waals surface area (Å²) in [7, 11) is 0. The molecule has 473 valence electrons. The molecule has 81 heavy (non-hydrogen) atoms. The Balaban J connectivity index is 0.0000172. The van der Waals surface area contributed by atoms with Crippen LogP contribution < -0.4 is 5.32 Å². The fraction of sp³-hybridized carbons (Fsp3) is 0.948. The number of hydrogen-bond acceptors (Lipinski definition) is 20. The Morgan fingerprint density at radius 3 is 1.40 bits per heavy atom. The van der Waals surface area contributed by atoms with Gasteiger partial charge in [-0.25, -0.2) is 0 Å². The van der Waals surface area contributed by atoms with Gasteiger partial charge >= 0.3 is 0 Å². The first-order valence-electron chi connectivity index (χ1n) is 30.7. The molecule has 0 aromatic rings. The average Bonchev–Trinajstić information content (AvgIpc) is 3.58. The monoisotopic (exact) mass is 1380 g/mol. The normalized spacial score (nSPS) is 35.4. The Kier molecular flexibility index (Phi) is 38.9. The van der Waals surface area contributed by atoms with Crippen LogP contribution in [0, 0.1) is 44.1 Å². The Morgan fingerprint density at radius 1 is 0.506 bits per heavy atom. The number of amides is 1. The van der Waals surface area contributed by atoms with Crippen molar-refractivity contribution in [1.29, 1.82) is 0 Å². The Morgan fingerprint density at radius 2 is 0.926 bits per heavy atom. The van der Waals surface area contributed by atoms with E-state index in [-0.39, 0.29) is 56.4 Å². The number of allylic oxidation sites excluding steroid dienone is 1. The quantitative estimate of drug-likeness (QED) is 0.0305. The van der Waals surface area contributed by atoms with Gasteiger partial charge in [0.05, 0.1) is 50.3 Å². The standard InChI is InChI=1S/C58H107N2O20.Ac/c1-5-7-9-11-13-15-17-19-21-23-25-27-29-31-39(63)38(60-42(64)32-30-28-26-24-22-20-18-16-14-12-10-8-6-2)35-73-55-43(59)53(79-56-50(71)47(68)44(65)36(3)74-56)52(41(34-62)77-55)78-58-54(49(70)46(67)40(33-61)76-58)80-57-51(72)48(69)45(66)37(4)75-57;/h29,31,36-41,43-59,61-63,65-72H,5-28,30,32-35H2,1-4H3,(H,60,64);/q-1;/b31-29+;/t36?,37?,38?,39?,40?,41?,43?,44-,45-,46+,47?,48?,49?,50?,51?,52+,53?,54?,55-,56+,57+,58+;/m1./s1. The van der Waals surface area contributed by atoms with Crippen molar-refractivity contribution >= 4 is 5.91 Å². The number of aliphatic hydroxyl groups is 11. The molecule has 0 aromatic heterocycles. The minimum Gasteiger partial charge on any atom is -0.668 e. The summed E-state index contributed by atoms with van der Waals surface area (Å²) >= 11 is 0. The van der Waals surface area contributed by atoms with Crippen molar-refractivity contribution in [2.45, 2.75) is 330 Å². The van der Waals surface area contributed by atoms with Crippen LogP contribution in [-0.4, -0.2) is 217 Å². The van der Waals surface area contributed by atoms with Gasteiger partial charge in [-0.2, -0.15) is 0 Å². The number of unbranched alkanes of at least 4 members (excludes halogenated alkanes) is 23. The summed E-state index contributed by atoms with van der Waals surface area (Å²) in [6.07, 6.45) is -0.274. The maximum atomic E-state index is 13.5. The molecule has 1 radical (unpaired) electrons. The molecule has 22 nitrogen and oxygen atoms in total. The fourth-order valence-electron chi connectivity index (χ4n) is 10.9. The summed E-state index contributed by atoms with van der Waals surface area (Å²) in [5.41, 5.74) is 9.54. The van der Waals surface area contributed by atoms with Gasteiger partial charge in [0.25, 0.3) is 0 Å². The number of nitrogens with one attached hydrogen (secondary N) is 2. The van der Waals surface area contributed by atoms with Gasteiger partial charge in [0, 0.05) is 50.5 Å². The van der Waals surface area contributed by atoms with Crippen molar-refractivity contribution in [2.75, 3.05) is 19.8 Å². The van der Waals surface area contributed by atoms with E-state index in [1.807, 2.05) is 6.08 Å². The molecule has 0 bridgehead atoms. The van der Waals surface area contributed by atoms with Crippen LogP contribution in [0.15, 0.2) is 12.2 Å². The SMILES string of the molecule is CCCCCCCCCCCCC/C=C/C(O)C(CO[C@@H]1OC(CO)[C@H](O[C@@H]2OC(CO)[C@H](O)C(O)C2O[C@@H]2OC(C)[C@@H](O)C(O)C2O)C(O[C@@H]2OC(C)[C@@H](O)C(O)C2O)C1[NH-])NC(=O)CCCCCCCCCCCCCCC.[Ac]. The molecule has 4 heterocycles. The topological polar surface area (TPSA) is 349 Å². The largest absolute Gasteiger partial charge is 0.668 e. The Labute approximate surface area is 518 Å². The van der Waals surface area contributed by atoms with Crippen molar-refractivity contribution < 1.29 is 143 Å². The zero-order valence-corrected chi connectivity index (χ0v) is 53.8. The number of hydrogen-bond donors (Lipinski definition) is 12. The number of carbonyl (C=O) groups excluding carboxylic acids is 1. The smallest absolute Gasteiger partial charge is 0.220 e. The molecule has 0 aromatic carbocycles. The van der Waals surface area contributed by atoms with E-state index in [0.717, 1.165) is 44.9 Å². The van der Waals surface area contributed by atoms with Gasteiger partial charge in [0.1, 0.15) is 79.5 Å². The van der Waals surface area contributed by atoms with Crippen molar-refractivity contribution in [2.24, 2.45) is 0 Å². The first kappa shape index (κ1) is 75.1. The summed E-state index contributed by atoms with van der Waals surface area (Å²) in [6, 6.07) is -2.74. The summed E-state index contributed by atoms with van der Waals surface area (Å²) < 4.78 is 48.1. The van der Waals surface area contributed by atoms with Crippen LogP contribution in [0.3, 0.4) is 0 Å². The molecule has 4 rings (SSSR count). The Hall–Kier alpha value is -0.148. The van der Waals surface area contributed by atoms with Gasteiger partial charge in [-0.3, -0.25) is 4.79 Å². The second-order valence-electron chi connectivity index (χ2n) is 22.9. The van der Waals surface area contributed by atoms with E-state index >= 15 is 0 Å². The number of carbonyl (C=O) groups is 1. The minimum atomic E-state index is -1.95. The zero-order valence-electron chi connectivity index (χ0n) is 49.0. The number of rotatable bonds is 40. The van der Waals surface area contributed by atoms with E-state index in [4.69, 9.17) is 37.9 Å². The van der Waals surface area contributed by atoms with Crippen molar-refractivity contribution in [3.8, 4) is 0 Å². The van der Waals surface area contributed by atoms with Crippen LogP contribution in [0.2, 0.25) is 0 Å². The van der Waals surface area contributed by atoms with Crippen molar-refractivity contribution in [3.05, 3.63) is 17.9 Å². The average molecular weight is 1380 g/mol. The van der Waals surface area contributed by atoms with Crippen LogP contribution in [0.5, 0.6) is 0 Å². The number of aliphatic hydroxyl groups excluding tert-OH is 11. The molecular weight excluding hydrogens is 1270 g/mol. The molecule has 0 spiro atoms. The zero-order chi connectivity index (χ0) is 58.6. The van der Waals surface area contributed by atoms with Gasteiger partial charge in [-0.1, -0.05) is 173 Å². The van der Waals surface area contributed by atoms with Crippen LogP contribution in [0.1, 0.15) is 195 Å². The number of ether oxygens (including phenoxy) is 8. The molecule has 0 aliphatic carbocycles. The molecule has 23 heteroatoms. The van der Waals surface area contributed by atoms with E-state index < -0.39 is 155 Å². The fourth-order valence-corrected chi connectivity index (χ4v) is 10.9. The first-order valence-corrected chi connectivity index (χ1v) is 30.7. The summed E-state index contributed by atoms with van der Waals surface area (Å²) in [5, 5.41) is 122. The maximum absolute atomic E-state index is 13.5. The van der Waals surface area contributed by atoms with Crippen LogP contribution in [-0.2, 0) is 42.7 Å². The van der Waals surface area contributed by atoms with Crippen LogP contribution >= 0.6 is 0 Å². The van der Waals surface area contributed by atoms with Gasteiger partial charge in [-0.15, -0.1) is 0 Å². The molecule has 1 amide bonds. The van der Waals surface area contributed by atoms with Crippen LogP contribution in [0.25, 0.3) is 5.73 Å². The van der Waals surface area contributed by atoms with Gasteiger partial charge in [0.2, 0.25) is 5.91 Å². The maximum Gasteiger partial charge on any atom is 0.220 e. The van der Waals surface area contributed by atoms with E-state index in [0.29, 0.717) is 12.8 Å². The summed E-state index contributed by atoms with van der Waals surface area (Å²) in [5.74, 6) is -0.309. The van der Waals surface area contributed by atoms with Gasteiger partial charge in [-0.05, 0) is 33.1 Å². The second-order valence-corrected chi connectivity index (χ2v) is 22.9. The van der Waals surface area contributed by atoms with E-state index in [9.17, 15) is 66.7 Å².